The highest BCUT2D eigenvalue weighted by Gasteiger charge is 2.37. The normalized spacial score (nSPS) is 19.0. The van der Waals surface area contributed by atoms with Crippen LogP contribution in [0.3, 0.4) is 0 Å². The van der Waals surface area contributed by atoms with Crippen molar-refractivity contribution in [2.75, 3.05) is 0 Å². The molecule has 0 radical (unpaired) electrons. The molecule has 1 aromatic carbocycles. The average Bonchev–Trinajstić information content (AvgIpc) is 2.55. The van der Waals surface area contributed by atoms with Crippen LogP contribution < -0.4 is 0 Å². The summed E-state index contributed by atoms with van der Waals surface area (Å²) in [6.45, 7) is 2.27. The Morgan fingerprint density at radius 3 is 2.23 bits per heavy atom. The zero-order chi connectivity index (χ0) is 15.7. The van der Waals surface area contributed by atoms with Crippen molar-refractivity contribution in [3.8, 4) is 0 Å². The number of rotatable bonds is 9. The van der Waals surface area contributed by atoms with Gasteiger partial charge in [0.2, 0.25) is 0 Å². The molecule has 1 atom stereocenters. The monoisotopic (exact) mass is 302 g/mol. The fourth-order valence-corrected chi connectivity index (χ4v) is 4.07. The molecule has 1 unspecified atom stereocenters. The summed E-state index contributed by atoms with van der Waals surface area (Å²) in [6, 6.07) is 10.8. The Labute approximate surface area is 137 Å². The summed E-state index contributed by atoms with van der Waals surface area (Å²) in [6.07, 6.45) is 14.8. The molecule has 1 saturated carbocycles. The van der Waals surface area contributed by atoms with E-state index in [9.17, 15) is 5.11 Å². The van der Waals surface area contributed by atoms with Crippen LogP contribution in [0.4, 0.5) is 0 Å². The molecule has 0 spiro atoms. The highest BCUT2D eigenvalue weighted by Crippen LogP contribution is 2.42. The van der Waals surface area contributed by atoms with Crippen molar-refractivity contribution in [3.63, 3.8) is 0 Å². The maximum atomic E-state index is 11.2. The molecule has 1 fully saturated rings. The third kappa shape index (κ3) is 5.12. The van der Waals surface area contributed by atoms with Crippen LogP contribution in [0.25, 0.3) is 0 Å². The molecular weight excluding hydrogens is 268 g/mol. The summed E-state index contributed by atoms with van der Waals surface area (Å²) >= 11 is 0. The first-order valence-electron chi connectivity index (χ1n) is 9.53. The van der Waals surface area contributed by atoms with E-state index in [1.807, 2.05) is 0 Å². The zero-order valence-corrected chi connectivity index (χ0v) is 14.4. The van der Waals surface area contributed by atoms with Crippen LogP contribution in [0, 0.1) is 0 Å². The Hall–Kier alpha value is -0.820. The van der Waals surface area contributed by atoms with Gasteiger partial charge in [0, 0.05) is 5.92 Å². The van der Waals surface area contributed by atoms with Crippen molar-refractivity contribution in [1.29, 1.82) is 0 Å². The topological polar surface area (TPSA) is 20.2 Å². The molecule has 1 heteroatoms. The minimum Gasteiger partial charge on any atom is -0.389 e. The number of hydrogen-bond donors (Lipinski definition) is 1. The minimum atomic E-state index is -0.455. The van der Waals surface area contributed by atoms with E-state index in [0.29, 0.717) is 5.92 Å². The first-order chi connectivity index (χ1) is 10.8. The van der Waals surface area contributed by atoms with E-state index in [1.54, 1.807) is 0 Å². The molecule has 0 aromatic heterocycles. The largest absolute Gasteiger partial charge is 0.389 e. The lowest BCUT2D eigenvalue weighted by Gasteiger charge is -2.40. The molecule has 0 heterocycles. The number of hydrogen-bond acceptors (Lipinski definition) is 1. The Morgan fingerprint density at radius 1 is 0.909 bits per heavy atom. The lowest BCUT2D eigenvalue weighted by atomic mass is 9.71. The lowest BCUT2D eigenvalue weighted by molar-refractivity contribution is -0.0248. The van der Waals surface area contributed by atoms with E-state index in [-0.39, 0.29) is 0 Å². The smallest absolute Gasteiger partial charge is 0.0716 e. The fraction of sp³-hybridized carbons (Fsp3) is 0.714. The molecule has 1 aliphatic carbocycles. The minimum absolute atomic E-state index is 0.333. The van der Waals surface area contributed by atoms with Crippen LogP contribution in [0.1, 0.15) is 95.5 Å². The average molecular weight is 303 g/mol. The second kappa shape index (κ2) is 9.35. The van der Waals surface area contributed by atoms with Gasteiger partial charge in [-0.15, -0.1) is 0 Å². The van der Waals surface area contributed by atoms with Gasteiger partial charge in [-0.1, -0.05) is 95.0 Å². The van der Waals surface area contributed by atoms with Crippen LogP contribution >= 0.6 is 0 Å². The molecule has 0 saturated heterocycles. The summed E-state index contributed by atoms with van der Waals surface area (Å²) in [5, 5.41) is 11.2. The lowest BCUT2D eigenvalue weighted by Crippen LogP contribution is -2.38. The van der Waals surface area contributed by atoms with Gasteiger partial charge in [-0.3, -0.25) is 0 Å². The van der Waals surface area contributed by atoms with E-state index in [0.717, 1.165) is 19.3 Å². The van der Waals surface area contributed by atoms with Crippen LogP contribution in [-0.2, 0) is 0 Å². The standard InChI is InChI=1S/C21H34O/c1-2-3-4-5-6-11-16-20(19-14-9-7-10-15-19)21(22)17-12-8-13-18-21/h7,9-10,14-15,20,22H,2-6,8,11-13,16-18H2,1H3. The van der Waals surface area contributed by atoms with Gasteiger partial charge in [0.15, 0.2) is 0 Å². The van der Waals surface area contributed by atoms with Gasteiger partial charge in [0.25, 0.3) is 0 Å². The van der Waals surface area contributed by atoms with Gasteiger partial charge in [0.1, 0.15) is 0 Å². The van der Waals surface area contributed by atoms with Gasteiger partial charge in [-0.05, 0) is 24.8 Å². The second-order valence-electron chi connectivity index (χ2n) is 7.18. The van der Waals surface area contributed by atoms with Crippen LogP contribution in [0.2, 0.25) is 0 Å². The summed E-state index contributed by atoms with van der Waals surface area (Å²) < 4.78 is 0. The van der Waals surface area contributed by atoms with E-state index in [1.165, 1.54) is 63.4 Å². The molecular formula is C21H34O. The number of aliphatic hydroxyl groups is 1. The molecule has 0 aliphatic heterocycles. The Morgan fingerprint density at radius 2 is 1.55 bits per heavy atom. The number of unbranched alkanes of at least 4 members (excludes halogenated alkanes) is 5. The van der Waals surface area contributed by atoms with E-state index < -0.39 is 5.60 Å². The first-order valence-corrected chi connectivity index (χ1v) is 9.53. The predicted octanol–water partition coefficient (Wildman–Crippen LogP) is 6.22. The first kappa shape index (κ1) is 17.5. The van der Waals surface area contributed by atoms with Gasteiger partial charge < -0.3 is 5.11 Å². The maximum Gasteiger partial charge on any atom is 0.0716 e. The van der Waals surface area contributed by atoms with Crippen molar-refractivity contribution >= 4 is 0 Å². The zero-order valence-electron chi connectivity index (χ0n) is 14.4. The van der Waals surface area contributed by atoms with E-state index in [4.69, 9.17) is 0 Å². The molecule has 1 N–H and O–H groups in total. The van der Waals surface area contributed by atoms with Crippen LogP contribution in [0.15, 0.2) is 30.3 Å². The second-order valence-corrected chi connectivity index (χ2v) is 7.18. The highest BCUT2D eigenvalue weighted by atomic mass is 16.3. The molecule has 0 amide bonds. The van der Waals surface area contributed by atoms with Gasteiger partial charge >= 0.3 is 0 Å². The SMILES string of the molecule is CCCCCCCCC(c1ccccc1)C1(O)CCCCC1. The summed E-state index contributed by atoms with van der Waals surface area (Å²) in [7, 11) is 0. The van der Waals surface area contributed by atoms with Crippen molar-refractivity contribution in [2.45, 2.75) is 95.5 Å². The van der Waals surface area contributed by atoms with Gasteiger partial charge in [0.05, 0.1) is 5.60 Å². The van der Waals surface area contributed by atoms with Gasteiger partial charge in [-0.25, -0.2) is 0 Å². The Kier molecular flexibility index (Phi) is 7.45. The molecule has 124 valence electrons. The van der Waals surface area contributed by atoms with Crippen molar-refractivity contribution < 1.29 is 5.11 Å². The molecule has 22 heavy (non-hydrogen) atoms. The Bertz CT molecular complexity index is 392. The fourth-order valence-electron chi connectivity index (χ4n) is 4.07. The summed E-state index contributed by atoms with van der Waals surface area (Å²) in [5.41, 5.74) is 0.892. The molecule has 1 aromatic rings. The molecule has 1 aliphatic rings. The van der Waals surface area contributed by atoms with E-state index in [2.05, 4.69) is 37.3 Å². The quantitative estimate of drug-likeness (QED) is 0.537. The highest BCUT2D eigenvalue weighted by molar-refractivity contribution is 5.23. The third-order valence-corrected chi connectivity index (χ3v) is 5.42. The van der Waals surface area contributed by atoms with Crippen molar-refractivity contribution in [1.82, 2.24) is 0 Å². The van der Waals surface area contributed by atoms with Crippen molar-refractivity contribution in [2.24, 2.45) is 0 Å². The summed E-state index contributed by atoms with van der Waals surface area (Å²) in [4.78, 5) is 0. The van der Waals surface area contributed by atoms with Crippen molar-refractivity contribution in [3.05, 3.63) is 35.9 Å². The maximum absolute atomic E-state index is 11.2. The number of benzene rings is 1. The van der Waals surface area contributed by atoms with E-state index >= 15 is 0 Å². The summed E-state index contributed by atoms with van der Waals surface area (Å²) in [5.74, 6) is 0.333. The third-order valence-electron chi connectivity index (χ3n) is 5.42. The molecule has 2 rings (SSSR count). The van der Waals surface area contributed by atoms with Crippen LogP contribution in [-0.4, -0.2) is 10.7 Å². The molecule has 0 bridgehead atoms. The van der Waals surface area contributed by atoms with Gasteiger partial charge in [-0.2, -0.15) is 0 Å². The molecule has 1 nitrogen and oxygen atoms in total. The van der Waals surface area contributed by atoms with Crippen LogP contribution in [0.5, 0.6) is 0 Å². The Balaban J connectivity index is 1.93. The predicted molar refractivity (Wildman–Crippen MR) is 95.2 cm³/mol.